The van der Waals surface area contributed by atoms with Crippen LogP contribution in [0.1, 0.15) is 19.4 Å². The van der Waals surface area contributed by atoms with Crippen molar-refractivity contribution in [2.24, 2.45) is 11.8 Å². The fourth-order valence-electron chi connectivity index (χ4n) is 2.02. The minimum absolute atomic E-state index is 0.221. The molecule has 4 nitrogen and oxygen atoms in total. The second-order valence-electron chi connectivity index (χ2n) is 4.74. The number of ether oxygens (including phenoxy) is 2. The monoisotopic (exact) mass is 250 g/mol. The molecule has 0 radical (unpaired) electrons. The van der Waals surface area contributed by atoms with Gasteiger partial charge in [0.25, 0.3) is 0 Å². The van der Waals surface area contributed by atoms with Crippen LogP contribution in [0.25, 0.3) is 0 Å². The third kappa shape index (κ3) is 2.71. The molecule has 0 spiro atoms. The van der Waals surface area contributed by atoms with Crippen molar-refractivity contribution in [3.05, 3.63) is 35.9 Å². The standard InChI is InChI=1S/C14H18O4/c1-9-12(15)10(2)14(18-13(9)16)17-8-11-6-4-3-5-7-11/h3-7,9-10,12,14-15H,8H2,1-2H3/t9-,10-,12+,14-/m1/s1. The van der Waals surface area contributed by atoms with Crippen molar-refractivity contribution in [1.29, 1.82) is 0 Å². The molecule has 0 saturated carbocycles. The molecule has 0 bridgehead atoms. The minimum atomic E-state index is -0.716. The molecule has 1 aliphatic rings. The molecule has 1 fully saturated rings. The van der Waals surface area contributed by atoms with Crippen LogP contribution < -0.4 is 0 Å². The van der Waals surface area contributed by atoms with Gasteiger partial charge in [0.05, 0.1) is 18.6 Å². The van der Waals surface area contributed by atoms with Crippen molar-refractivity contribution < 1.29 is 19.4 Å². The van der Waals surface area contributed by atoms with Crippen LogP contribution in [0.2, 0.25) is 0 Å². The lowest BCUT2D eigenvalue weighted by Gasteiger charge is -2.35. The van der Waals surface area contributed by atoms with E-state index in [1.165, 1.54) is 0 Å². The van der Waals surface area contributed by atoms with E-state index in [9.17, 15) is 9.90 Å². The van der Waals surface area contributed by atoms with Gasteiger partial charge in [-0.3, -0.25) is 4.79 Å². The number of carbonyl (C=O) groups excluding carboxylic acids is 1. The van der Waals surface area contributed by atoms with E-state index in [0.717, 1.165) is 5.56 Å². The lowest BCUT2D eigenvalue weighted by Crippen LogP contribution is -2.47. The zero-order chi connectivity index (χ0) is 13.1. The van der Waals surface area contributed by atoms with Gasteiger partial charge in [-0.2, -0.15) is 0 Å². The Hall–Kier alpha value is -1.39. The first-order valence-corrected chi connectivity index (χ1v) is 6.13. The summed E-state index contributed by atoms with van der Waals surface area (Å²) in [6.07, 6.45) is -1.39. The second kappa shape index (κ2) is 5.50. The molecule has 1 aliphatic heterocycles. The van der Waals surface area contributed by atoms with E-state index in [2.05, 4.69) is 0 Å². The largest absolute Gasteiger partial charge is 0.435 e. The fraction of sp³-hybridized carbons (Fsp3) is 0.500. The van der Waals surface area contributed by atoms with Gasteiger partial charge in [-0.15, -0.1) is 0 Å². The van der Waals surface area contributed by atoms with Crippen molar-refractivity contribution in [3.8, 4) is 0 Å². The Bertz CT molecular complexity index is 404. The summed E-state index contributed by atoms with van der Waals surface area (Å²) in [6, 6.07) is 9.65. The van der Waals surface area contributed by atoms with Gasteiger partial charge in [0.1, 0.15) is 0 Å². The molecule has 1 aromatic carbocycles. The van der Waals surface area contributed by atoms with E-state index < -0.39 is 24.3 Å². The first kappa shape index (κ1) is 13.1. The van der Waals surface area contributed by atoms with Crippen LogP contribution in [0.15, 0.2) is 30.3 Å². The van der Waals surface area contributed by atoms with Gasteiger partial charge < -0.3 is 14.6 Å². The highest BCUT2D eigenvalue weighted by Crippen LogP contribution is 2.27. The summed E-state index contributed by atoms with van der Waals surface area (Å²) in [6.45, 7) is 3.85. The summed E-state index contributed by atoms with van der Waals surface area (Å²) >= 11 is 0. The average Bonchev–Trinajstić information content (AvgIpc) is 2.40. The Labute approximate surface area is 107 Å². The summed E-state index contributed by atoms with van der Waals surface area (Å²) in [5.74, 6) is -1.11. The molecule has 0 amide bonds. The van der Waals surface area contributed by atoms with E-state index in [-0.39, 0.29) is 5.92 Å². The number of esters is 1. The maximum Gasteiger partial charge on any atom is 0.313 e. The Morgan fingerprint density at radius 3 is 2.61 bits per heavy atom. The van der Waals surface area contributed by atoms with Gasteiger partial charge in [-0.1, -0.05) is 37.3 Å². The maximum absolute atomic E-state index is 11.5. The van der Waals surface area contributed by atoms with Crippen molar-refractivity contribution in [3.63, 3.8) is 0 Å². The molecule has 98 valence electrons. The smallest absolute Gasteiger partial charge is 0.313 e. The Balaban J connectivity index is 1.95. The number of hydrogen-bond donors (Lipinski definition) is 1. The van der Waals surface area contributed by atoms with Gasteiger partial charge in [-0.25, -0.2) is 0 Å². The van der Waals surface area contributed by atoms with Gasteiger partial charge >= 0.3 is 5.97 Å². The summed E-state index contributed by atoms with van der Waals surface area (Å²) in [5, 5.41) is 9.90. The van der Waals surface area contributed by atoms with E-state index >= 15 is 0 Å². The molecule has 0 unspecified atom stereocenters. The van der Waals surface area contributed by atoms with Crippen LogP contribution >= 0.6 is 0 Å². The van der Waals surface area contributed by atoms with Crippen molar-refractivity contribution >= 4 is 5.97 Å². The number of aliphatic hydroxyl groups excluding tert-OH is 1. The fourth-order valence-corrected chi connectivity index (χ4v) is 2.02. The second-order valence-corrected chi connectivity index (χ2v) is 4.74. The molecule has 4 heteroatoms. The SMILES string of the molecule is C[C@H]1[C@H](OCc2ccccc2)OC(=O)[C@H](C)[C@@H]1O. The first-order valence-electron chi connectivity index (χ1n) is 6.13. The van der Waals surface area contributed by atoms with Gasteiger partial charge in [0.2, 0.25) is 6.29 Å². The maximum atomic E-state index is 11.5. The Morgan fingerprint density at radius 2 is 1.94 bits per heavy atom. The number of benzene rings is 1. The molecular formula is C14H18O4. The minimum Gasteiger partial charge on any atom is -0.435 e. The van der Waals surface area contributed by atoms with Crippen LogP contribution in [0.5, 0.6) is 0 Å². The quantitative estimate of drug-likeness (QED) is 0.830. The van der Waals surface area contributed by atoms with Crippen molar-refractivity contribution in [1.82, 2.24) is 0 Å². The molecule has 1 heterocycles. The van der Waals surface area contributed by atoms with Crippen LogP contribution in [0, 0.1) is 11.8 Å². The molecule has 1 N–H and O–H groups in total. The van der Waals surface area contributed by atoms with Gasteiger partial charge in [0, 0.05) is 5.92 Å². The molecule has 18 heavy (non-hydrogen) atoms. The van der Waals surface area contributed by atoms with Gasteiger partial charge in [-0.05, 0) is 12.5 Å². The number of carbonyl (C=O) groups is 1. The van der Waals surface area contributed by atoms with Crippen LogP contribution in [-0.4, -0.2) is 23.5 Å². The normalized spacial score (nSPS) is 32.1. The molecule has 4 atom stereocenters. The Morgan fingerprint density at radius 1 is 1.28 bits per heavy atom. The lowest BCUT2D eigenvalue weighted by molar-refractivity contribution is -0.230. The number of hydrogen-bond acceptors (Lipinski definition) is 4. The topological polar surface area (TPSA) is 55.8 Å². The third-order valence-electron chi connectivity index (χ3n) is 3.34. The number of aliphatic hydroxyl groups is 1. The third-order valence-corrected chi connectivity index (χ3v) is 3.34. The predicted octanol–water partition coefficient (Wildman–Crippen LogP) is 1.72. The van der Waals surface area contributed by atoms with Crippen molar-refractivity contribution in [2.75, 3.05) is 0 Å². The zero-order valence-corrected chi connectivity index (χ0v) is 10.6. The average molecular weight is 250 g/mol. The molecular weight excluding hydrogens is 232 g/mol. The van der Waals surface area contributed by atoms with Crippen molar-refractivity contribution in [2.45, 2.75) is 32.8 Å². The van der Waals surface area contributed by atoms with Crippen LogP contribution in [0.3, 0.4) is 0 Å². The zero-order valence-electron chi connectivity index (χ0n) is 10.6. The predicted molar refractivity (Wildman–Crippen MR) is 65.4 cm³/mol. The number of cyclic esters (lactones) is 1. The summed E-state index contributed by atoms with van der Waals surface area (Å²) < 4.78 is 10.7. The molecule has 0 aromatic heterocycles. The van der Waals surface area contributed by atoms with E-state index in [1.807, 2.05) is 37.3 Å². The van der Waals surface area contributed by atoms with E-state index in [1.54, 1.807) is 6.92 Å². The summed E-state index contributed by atoms with van der Waals surface area (Å²) in [7, 11) is 0. The van der Waals surface area contributed by atoms with E-state index in [4.69, 9.17) is 9.47 Å². The van der Waals surface area contributed by atoms with Gasteiger partial charge in [0.15, 0.2) is 0 Å². The van der Waals surface area contributed by atoms with Crippen LogP contribution in [0.4, 0.5) is 0 Å². The highest BCUT2D eigenvalue weighted by molar-refractivity contribution is 5.73. The highest BCUT2D eigenvalue weighted by Gasteiger charge is 2.40. The first-order chi connectivity index (χ1) is 8.59. The molecule has 1 saturated heterocycles. The Kier molecular flexibility index (Phi) is 3.99. The molecule has 2 rings (SSSR count). The summed E-state index contributed by atoms with van der Waals surface area (Å²) in [4.78, 5) is 11.5. The van der Waals surface area contributed by atoms with Crippen LogP contribution in [-0.2, 0) is 20.9 Å². The molecule has 1 aromatic rings. The lowest BCUT2D eigenvalue weighted by atomic mass is 9.90. The van der Waals surface area contributed by atoms with E-state index in [0.29, 0.717) is 6.61 Å². The highest BCUT2D eigenvalue weighted by atomic mass is 16.7. The summed E-state index contributed by atoms with van der Waals surface area (Å²) in [5.41, 5.74) is 1.01. The number of rotatable bonds is 3. The molecule has 0 aliphatic carbocycles.